The number of hydrogen-bond acceptors (Lipinski definition) is 2. The summed E-state index contributed by atoms with van der Waals surface area (Å²) in [5.74, 6) is -0.147. The van der Waals surface area contributed by atoms with Crippen LogP contribution in [0.2, 0.25) is 0 Å². The number of methoxy groups -OCH3 is 1. The second kappa shape index (κ2) is 6.51. The van der Waals surface area contributed by atoms with Crippen LogP contribution in [-0.4, -0.2) is 20.3 Å². The van der Waals surface area contributed by atoms with E-state index in [0.29, 0.717) is 12.1 Å². The van der Waals surface area contributed by atoms with E-state index in [9.17, 15) is 4.39 Å². The molecule has 1 N–H and O–H groups in total. The SMILES string of the molecule is COCCCNCc1ccccc1F. The maximum atomic E-state index is 13.1. The fourth-order valence-corrected chi connectivity index (χ4v) is 1.21. The molecule has 0 spiro atoms. The van der Waals surface area contributed by atoms with Crippen molar-refractivity contribution in [3.05, 3.63) is 35.6 Å². The zero-order valence-electron chi connectivity index (χ0n) is 8.42. The summed E-state index contributed by atoms with van der Waals surface area (Å²) in [5, 5.41) is 3.16. The Balaban J connectivity index is 2.21. The Morgan fingerprint density at radius 1 is 1.36 bits per heavy atom. The minimum absolute atomic E-state index is 0.147. The van der Waals surface area contributed by atoms with Crippen LogP contribution >= 0.6 is 0 Å². The van der Waals surface area contributed by atoms with Gasteiger partial charge in [0.15, 0.2) is 0 Å². The molecule has 0 aliphatic heterocycles. The quantitative estimate of drug-likeness (QED) is 0.704. The van der Waals surface area contributed by atoms with Gasteiger partial charge in [0.25, 0.3) is 0 Å². The summed E-state index contributed by atoms with van der Waals surface area (Å²) < 4.78 is 18.0. The average Bonchev–Trinajstić information content (AvgIpc) is 2.20. The standard InChI is InChI=1S/C11H16FNO/c1-14-8-4-7-13-9-10-5-2-3-6-11(10)12/h2-3,5-6,13H,4,7-9H2,1H3. The van der Waals surface area contributed by atoms with Crippen LogP contribution in [-0.2, 0) is 11.3 Å². The molecular weight excluding hydrogens is 181 g/mol. The van der Waals surface area contributed by atoms with Gasteiger partial charge in [-0.1, -0.05) is 18.2 Å². The lowest BCUT2D eigenvalue weighted by atomic mass is 10.2. The third-order valence-corrected chi connectivity index (χ3v) is 1.98. The van der Waals surface area contributed by atoms with Crippen LogP contribution in [0.25, 0.3) is 0 Å². The average molecular weight is 197 g/mol. The molecule has 1 aromatic rings. The molecule has 14 heavy (non-hydrogen) atoms. The first-order valence-electron chi connectivity index (χ1n) is 4.77. The molecule has 78 valence electrons. The molecule has 2 nitrogen and oxygen atoms in total. The summed E-state index contributed by atoms with van der Waals surface area (Å²) in [4.78, 5) is 0. The summed E-state index contributed by atoms with van der Waals surface area (Å²) in [6.45, 7) is 2.17. The number of ether oxygens (including phenoxy) is 1. The van der Waals surface area contributed by atoms with Crippen molar-refractivity contribution in [3.8, 4) is 0 Å². The fourth-order valence-electron chi connectivity index (χ4n) is 1.21. The number of nitrogens with one attached hydrogen (secondary N) is 1. The first-order chi connectivity index (χ1) is 6.84. The molecule has 0 aliphatic rings. The molecule has 0 fully saturated rings. The van der Waals surface area contributed by atoms with Crippen LogP contribution in [0.4, 0.5) is 4.39 Å². The van der Waals surface area contributed by atoms with E-state index in [1.807, 2.05) is 6.07 Å². The van der Waals surface area contributed by atoms with E-state index >= 15 is 0 Å². The summed E-state index contributed by atoms with van der Waals surface area (Å²) in [6, 6.07) is 6.81. The predicted molar refractivity (Wildman–Crippen MR) is 54.6 cm³/mol. The van der Waals surface area contributed by atoms with Crippen LogP contribution < -0.4 is 5.32 Å². The molecule has 0 unspecified atom stereocenters. The second-order valence-corrected chi connectivity index (χ2v) is 3.11. The normalized spacial score (nSPS) is 10.4. The first-order valence-corrected chi connectivity index (χ1v) is 4.77. The Labute approximate surface area is 84.1 Å². The lowest BCUT2D eigenvalue weighted by Gasteiger charge is -2.05. The van der Waals surface area contributed by atoms with Gasteiger partial charge in [0, 0.05) is 25.8 Å². The van der Waals surface area contributed by atoms with Crippen molar-refractivity contribution >= 4 is 0 Å². The van der Waals surface area contributed by atoms with Gasteiger partial charge < -0.3 is 10.1 Å². The Morgan fingerprint density at radius 2 is 2.14 bits per heavy atom. The minimum atomic E-state index is -0.147. The highest BCUT2D eigenvalue weighted by Gasteiger charge is 1.98. The highest BCUT2D eigenvalue weighted by molar-refractivity contribution is 5.16. The van der Waals surface area contributed by atoms with Crippen molar-refractivity contribution in [2.75, 3.05) is 20.3 Å². The smallest absolute Gasteiger partial charge is 0.127 e. The van der Waals surface area contributed by atoms with E-state index in [-0.39, 0.29) is 5.82 Å². The molecule has 0 heterocycles. The third kappa shape index (κ3) is 3.85. The van der Waals surface area contributed by atoms with Gasteiger partial charge in [-0.2, -0.15) is 0 Å². The Hall–Kier alpha value is -0.930. The summed E-state index contributed by atoms with van der Waals surface area (Å²) >= 11 is 0. The maximum Gasteiger partial charge on any atom is 0.127 e. The summed E-state index contributed by atoms with van der Waals surface area (Å²) in [5.41, 5.74) is 0.713. The van der Waals surface area contributed by atoms with Crippen LogP contribution in [0.15, 0.2) is 24.3 Å². The molecule has 3 heteroatoms. The largest absolute Gasteiger partial charge is 0.385 e. The van der Waals surface area contributed by atoms with Crippen LogP contribution in [0.5, 0.6) is 0 Å². The lowest BCUT2D eigenvalue weighted by Crippen LogP contribution is -2.16. The third-order valence-electron chi connectivity index (χ3n) is 1.98. The monoisotopic (exact) mass is 197 g/mol. The predicted octanol–water partition coefficient (Wildman–Crippen LogP) is 1.95. The van der Waals surface area contributed by atoms with Crippen LogP contribution in [0.3, 0.4) is 0 Å². The molecule has 1 rings (SSSR count). The van der Waals surface area contributed by atoms with Crippen molar-refractivity contribution in [1.82, 2.24) is 5.32 Å². The van der Waals surface area contributed by atoms with Crippen molar-refractivity contribution in [2.24, 2.45) is 0 Å². The topological polar surface area (TPSA) is 21.3 Å². The molecule has 0 aromatic heterocycles. The zero-order chi connectivity index (χ0) is 10.2. The molecule has 0 radical (unpaired) electrons. The Bertz CT molecular complexity index is 265. The van der Waals surface area contributed by atoms with Crippen LogP contribution in [0, 0.1) is 5.82 Å². The van der Waals surface area contributed by atoms with Gasteiger partial charge in [0.1, 0.15) is 5.82 Å². The minimum Gasteiger partial charge on any atom is -0.385 e. The van der Waals surface area contributed by atoms with Crippen molar-refractivity contribution in [3.63, 3.8) is 0 Å². The van der Waals surface area contributed by atoms with E-state index in [0.717, 1.165) is 19.6 Å². The van der Waals surface area contributed by atoms with Crippen molar-refractivity contribution < 1.29 is 9.13 Å². The first kappa shape index (κ1) is 11.1. The van der Waals surface area contributed by atoms with Gasteiger partial charge >= 0.3 is 0 Å². The molecule has 0 aliphatic carbocycles. The van der Waals surface area contributed by atoms with Gasteiger partial charge in [-0.05, 0) is 19.0 Å². The van der Waals surface area contributed by atoms with E-state index in [1.165, 1.54) is 6.07 Å². The highest BCUT2D eigenvalue weighted by atomic mass is 19.1. The Kier molecular flexibility index (Phi) is 5.19. The van der Waals surface area contributed by atoms with Crippen LogP contribution in [0.1, 0.15) is 12.0 Å². The van der Waals surface area contributed by atoms with Gasteiger partial charge in [-0.15, -0.1) is 0 Å². The maximum absolute atomic E-state index is 13.1. The fraction of sp³-hybridized carbons (Fsp3) is 0.455. The number of hydrogen-bond donors (Lipinski definition) is 1. The van der Waals surface area contributed by atoms with Gasteiger partial charge in [0.2, 0.25) is 0 Å². The van der Waals surface area contributed by atoms with Crippen molar-refractivity contribution in [2.45, 2.75) is 13.0 Å². The lowest BCUT2D eigenvalue weighted by molar-refractivity contribution is 0.194. The summed E-state index contributed by atoms with van der Waals surface area (Å²) in [7, 11) is 1.68. The van der Waals surface area contributed by atoms with Gasteiger partial charge in [0.05, 0.1) is 0 Å². The molecule has 0 bridgehead atoms. The van der Waals surface area contributed by atoms with Crippen molar-refractivity contribution in [1.29, 1.82) is 0 Å². The molecule has 0 saturated heterocycles. The van der Waals surface area contributed by atoms with Gasteiger partial charge in [-0.3, -0.25) is 0 Å². The van der Waals surface area contributed by atoms with Gasteiger partial charge in [-0.25, -0.2) is 4.39 Å². The molecule has 0 amide bonds. The van der Waals surface area contributed by atoms with E-state index in [1.54, 1.807) is 19.2 Å². The molecule has 0 atom stereocenters. The molecule has 1 aromatic carbocycles. The zero-order valence-corrected chi connectivity index (χ0v) is 8.42. The Morgan fingerprint density at radius 3 is 2.86 bits per heavy atom. The number of benzene rings is 1. The highest BCUT2D eigenvalue weighted by Crippen LogP contribution is 2.05. The second-order valence-electron chi connectivity index (χ2n) is 3.11. The number of halogens is 1. The molecule has 0 saturated carbocycles. The number of rotatable bonds is 6. The summed E-state index contributed by atoms with van der Waals surface area (Å²) in [6.07, 6.45) is 0.949. The van der Waals surface area contributed by atoms with E-state index in [4.69, 9.17) is 4.74 Å². The van der Waals surface area contributed by atoms with E-state index < -0.39 is 0 Å². The molecular formula is C11H16FNO. The van der Waals surface area contributed by atoms with E-state index in [2.05, 4.69) is 5.32 Å².